The first-order chi connectivity index (χ1) is 9.03. The summed E-state index contributed by atoms with van der Waals surface area (Å²) in [5.41, 5.74) is -0.211. The van der Waals surface area contributed by atoms with Crippen molar-refractivity contribution >= 4 is 11.8 Å². The Morgan fingerprint density at radius 1 is 1.37 bits per heavy atom. The average Bonchev–Trinajstić information content (AvgIpc) is 2.75. The average molecular weight is 256 g/mol. The second kappa shape index (κ2) is 4.85. The zero-order valence-electron chi connectivity index (χ0n) is 11.1. The topological polar surface area (TPSA) is 61.2 Å². The van der Waals surface area contributed by atoms with Crippen LogP contribution >= 0.6 is 0 Å². The molecule has 1 heterocycles. The predicted octanol–water partition coefficient (Wildman–Crippen LogP) is 2.22. The quantitative estimate of drug-likeness (QED) is 0.779. The number of amides is 2. The molecular formula is C15H16N2O2. The maximum Gasteiger partial charge on any atom is 0.238 e. The molecule has 4 heteroatoms. The minimum atomic E-state index is -1.04. The number of carbonyl (C=O) groups is 2. The van der Waals surface area contributed by atoms with E-state index in [1.807, 2.05) is 30.3 Å². The van der Waals surface area contributed by atoms with Gasteiger partial charge >= 0.3 is 0 Å². The second-order valence-electron chi connectivity index (χ2n) is 4.97. The number of likely N-dealkylation sites (tertiary alicyclic amines) is 1. The fourth-order valence-corrected chi connectivity index (χ4v) is 2.38. The summed E-state index contributed by atoms with van der Waals surface area (Å²) in [6.07, 6.45) is 0.586. The summed E-state index contributed by atoms with van der Waals surface area (Å²) < 4.78 is 0. The molecule has 1 aromatic carbocycles. The van der Waals surface area contributed by atoms with Crippen LogP contribution in [0.5, 0.6) is 0 Å². The van der Waals surface area contributed by atoms with Gasteiger partial charge in [-0.15, -0.1) is 0 Å². The van der Waals surface area contributed by atoms with Crippen LogP contribution in [0.15, 0.2) is 30.3 Å². The summed E-state index contributed by atoms with van der Waals surface area (Å²) in [7, 11) is 0. The standard InChI is InChI=1S/C15H16N2O2/c1-3-15(2,10-16)17-13(18)9-12(14(17)19)11-7-5-4-6-8-11/h4-8,12H,3,9H2,1-2H3. The molecule has 98 valence electrons. The highest BCUT2D eigenvalue weighted by molar-refractivity contribution is 6.07. The lowest BCUT2D eigenvalue weighted by Gasteiger charge is -2.30. The van der Waals surface area contributed by atoms with Gasteiger partial charge in [-0.05, 0) is 18.9 Å². The van der Waals surface area contributed by atoms with Gasteiger partial charge in [-0.25, -0.2) is 0 Å². The molecule has 0 radical (unpaired) electrons. The normalized spacial score (nSPS) is 22.2. The number of nitriles is 1. The van der Waals surface area contributed by atoms with E-state index >= 15 is 0 Å². The molecule has 0 aromatic heterocycles. The van der Waals surface area contributed by atoms with Crippen LogP contribution in [0.1, 0.15) is 38.2 Å². The molecule has 0 bridgehead atoms. The maximum absolute atomic E-state index is 12.4. The van der Waals surface area contributed by atoms with Crippen LogP contribution in [0.25, 0.3) is 0 Å². The van der Waals surface area contributed by atoms with E-state index in [0.29, 0.717) is 6.42 Å². The van der Waals surface area contributed by atoms with E-state index in [4.69, 9.17) is 0 Å². The lowest BCUT2D eigenvalue weighted by atomic mass is 9.96. The van der Waals surface area contributed by atoms with Crippen molar-refractivity contribution in [2.24, 2.45) is 0 Å². The van der Waals surface area contributed by atoms with E-state index in [2.05, 4.69) is 6.07 Å². The fourth-order valence-electron chi connectivity index (χ4n) is 2.38. The van der Waals surface area contributed by atoms with Crippen LogP contribution in [0.3, 0.4) is 0 Å². The van der Waals surface area contributed by atoms with Crippen molar-refractivity contribution in [1.29, 1.82) is 5.26 Å². The van der Waals surface area contributed by atoms with Crippen molar-refractivity contribution < 1.29 is 9.59 Å². The van der Waals surface area contributed by atoms with Crippen molar-refractivity contribution in [1.82, 2.24) is 4.90 Å². The number of rotatable bonds is 3. The van der Waals surface area contributed by atoms with E-state index in [1.165, 1.54) is 0 Å². The zero-order chi connectivity index (χ0) is 14.0. The van der Waals surface area contributed by atoms with E-state index < -0.39 is 11.5 Å². The van der Waals surface area contributed by atoms with Gasteiger partial charge in [0.05, 0.1) is 12.0 Å². The first kappa shape index (κ1) is 13.3. The van der Waals surface area contributed by atoms with Crippen LogP contribution in [-0.4, -0.2) is 22.3 Å². The van der Waals surface area contributed by atoms with Crippen LogP contribution in [0.4, 0.5) is 0 Å². The summed E-state index contributed by atoms with van der Waals surface area (Å²) in [5, 5.41) is 9.24. The van der Waals surface area contributed by atoms with E-state index in [0.717, 1.165) is 10.5 Å². The number of hydrogen-bond donors (Lipinski definition) is 0. The highest BCUT2D eigenvalue weighted by atomic mass is 16.2. The number of hydrogen-bond acceptors (Lipinski definition) is 3. The monoisotopic (exact) mass is 256 g/mol. The summed E-state index contributed by atoms with van der Waals surface area (Å²) in [6.45, 7) is 3.44. The van der Waals surface area contributed by atoms with Gasteiger partial charge in [0.2, 0.25) is 11.8 Å². The Kier molecular flexibility index (Phi) is 3.39. The lowest BCUT2D eigenvalue weighted by Crippen LogP contribution is -2.48. The molecule has 1 fully saturated rings. The highest BCUT2D eigenvalue weighted by Gasteiger charge is 2.47. The Morgan fingerprint density at radius 3 is 2.53 bits per heavy atom. The molecule has 2 amide bonds. The first-order valence-electron chi connectivity index (χ1n) is 6.36. The van der Waals surface area contributed by atoms with E-state index in [1.54, 1.807) is 13.8 Å². The van der Waals surface area contributed by atoms with Crippen LogP contribution in [0, 0.1) is 11.3 Å². The largest absolute Gasteiger partial charge is 0.274 e. The molecule has 2 unspecified atom stereocenters. The van der Waals surface area contributed by atoms with Gasteiger partial charge in [-0.2, -0.15) is 5.26 Å². The molecule has 1 aliphatic heterocycles. The minimum Gasteiger partial charge on any atom is -0.274 e. The third-order valence-corrected chi connectivity index (χ3v) is 3.77. The summed E-state index contributed by atoms with van der Waals surface area (Å²) in [4.78, 5) is 25.7. The fraction of sp³-hybridized carbons (Fsp3) is 0.400. The Morgan fingerprint density at radius 2 is 2.00 bits per heavy atom. The zero-order valence-corrected chi connectivity index (χ0v) is 11.1. The summed E-state index contributed by atoms with van der Waals surface area (Å²) in [6, 6.07) is 11.3. The van der Waals surface area contributed by atoms with Gasteiger partial charge in [-0.3, -0.25) is 14.5 Å². The SMILES string of the molecule is CCC(C)(C#N)N1C(=O)CC(c2ccccc2)C1=O. The molecule has 0 aliphatic carbocycles. The maximum atomic E-state index is 12.4. The van der Waals surface area contributed by atoms with Crippen molar-refractivity contribution in [2.75, 3.05) is 0 Å². The molecule has 0 spiro atoms. The summed E-state index contributed by atoms with van der Waals surface area (Å²) >= 11 is 0. The molecule has 2 rings (SSSR count). The third-order valence-electron chi connectivity index (χ3n) is 3.77. The summed E-state index contributed by atoms with van der Waals surface area (Å²) in [5.74, 6) is -0.972. The molecule has 1 saturated heterocycles. The minimum absolute atomic E-state index is 0.153. The molecule has 0 N–H and O–H groups in total. The molecule has 1 aliphatic rings. The van der Waals surface area contributed by atoms with Gasteiger partial charge in [0.15, 0.2) is 0 Å². The van der Waals surface area contributed by atoms with Crippen LogP contribution in [-0.2, 0) is 9.59 Å². The van der Waals surface area contributed by atoms with Gasteiger partial charge in [0.25, 0.3) is 0 Å². The molecule has 0 saturated carbocycles. The number of carbonyl (C=O) groups excluding carboxylic acids is 2. The van der Waals surface area contributed by atoms with Crippen LogP contribution < -0.4 is 0 Å². The second-order valence-corrected chi connectivity index (χ2v) is 4.97. The Balaban J connectivity index is 2.35. The van der Waals surface area contributed by atoms with E-state index in [-0.39, 0.29) is 18.2 Å². The molecule has 1 aromatic rings. The molecular weight excluding hydrogens is 240 g/mol. The van der Waals surface area contributed by atoms with Gasteiger partial charge in [0, 0.05) is 6.42 Å². The van der Waals surface area contributed by atoms with Gasteiger partial charge in [-0.1, -0.05) is 37.3 Å². The Labute approximate surface area is 112 Å². The molecule has 4 nitrogen and oxygen atoms in total. The van der Waals surface area contributed by atoms with E-state index in [9.17, 15) is 14.9 Å². The van der Waals surface area contributed by atoms with Gasteiger partial charge in [0.1, 0.15) is 5.54 Å². The molecule has 19 heavy (non-hydrogen) atoms. The third kappa shape index (κ3) is 2.12. The Bertz CT molecular complexity index is 547. The van der Waals surface area contributed by atoms with Crippen molar-refractivity contribution in [3.05, 3.63) is 35.9 Å². The number of benzene rings is 1. The first-order valence-corrected chi connectivity index (χ1v) is 6.36. The van der Waals surface area contributed by atoms with Crippen molar-refractivity contribution in [3.63, 3.8) is 0 Å². The lowest BCUT2D eigenvalue weighted by molar-refractivity contribution is -0.143. The van der Waals surface area contributed by atoms with Crippen LogP contribution in [0.2, 0.25) is 0 Å². The van der Waals surface area contributed by atoms with Crippen molar-refractivity contribution in [2.45, 2.75) is 38.1 Å². The van der Waals surface area contributed by atoms with Gasteiger partial charge < -0.3 is 0 Å². The smallest absolute Gasteiger partial charge is 0.238 e. The number of nitrogens with zero attached hydrogens (tertiary/aromatic N) is 2. The highest BCUT2D eigenvalue weighted by Crippen LogP contribution is 2.34. The molecule has 2 atom stereocenters. The van der Waals surface area contributed by atoms with Crippen molar-refractivity contribution in [3.8, 4) is 6.07 Å². The predicted molar refractivity (Wildman–Crippen MR) is 70.0 cm³/mol. The number of imide groups is 1. The Hall–Kier alpha value is -2.15.